The van der Waals surface area contributed by atoms with Gasteiger partial charge in [-0.25, -0.2) is 9.97 Å². The highest BCUT2D eigenvalue weighted by molar-refractivity contribution is 7.19. The van der Waals surface area contributed by atoms with Crippen LogP contribution in [0.1, 0.15) is 10.4 Å². The fraction of sp³-hybridized carbons (Fsp3) is 0.250. The van der Waals surface area contributed by atoms with E-state index in [1.54, 1.807) is 24.6 Å². The van der Waals surface area contributed by atoms with Gasteiger partial charge in [-0.3, -0.25) is 4.99 Å². The lowest BCUT2D eigenvalue weighted by molar-refractivity contribution is 0.403. The van der Waals surface area contributed by atoms with Crippen LogP contribution in [-0.4, -0.2) is 42.2 Å². The number of nitrogens with zero attached hydrogens (tertiary/aromatic N) is 4. The summed E-state index contributed by atoms with van der Waals surface area (Å²) in [4.78, 5) is 16.6. The lowest BCUT2D eigenvalue weighted by Gasteiger charge is -2.14. The van der Waals surface area contributed by atoms with Crippen molar-refractivity contribution in [3.05, 3.63) is 52.8 Å². The largest absolute Gasteiger partial charge is 0.403 e. The van der Waals surface area contributed by atoms with Gasteiger partial charge in [-0.2, -0.15) is 0 Å². The van der Waals surface area contributed by atoms with E-state index in [4.69, 9.17) is 10.7 Å². The Morgan fingerprint density at radius 3 is 2.81 bits per heavy atom. The molecule has 3 N–H and O–H groups in total. The standard InChI is InChI=1S/C20H24N6S/c1-13-18(16-8-6-5-7-14(16)12-26(3)4)19-17(27-13)11-23-20(25-19)24-15(9-21)10-22-2/h5-11H,12,21H2,1-4H3,(H,23,24,25). The number of nitrogens with two attached hydrogens (primary N) is 1. The lowest BCUT2D eigenvalue weighted by Crippen LogP contribution is -2.11. The van der Waals surface area contributed by atoms with E-state index >= 15 is 0 Å². The molecule has 0 aliphatic heterocycles. The molecule has 140 valence electrons. The molecular weight excluding hydrogens is 356 g/mol. The molecule has 7 heteroatoms. The number of fused-ring (bicyclic) bond motifs is 1. The molecule has 0 spiro atoms. The summed E-state index contributed by atoms with van der Waals surface area (Å²) in [7, 11) is 5.85. The minimum Gasteiger partial charge on any atom is -0.403 e. The summed E-state index contributed by atoms with van der Waals surface area (Å²) < 4.78 is 1.06. The number of hydrogen-bond acceptors (Lipinski definition) is 7. The van der Waals surface area contributed by atoms with Gasteiger partial charge in [0.25, 0.3) is 0 Å². The first-order chi connectivity index (χ1) is 13.0. The average Bonchev–Trinajstić information content (AvgIpc) is 2.96. The summed E-state index contributed by atoms with van der Waals surface area (Å²) in [6.07, 6.45) is 4.95. The first kappa shape index (κ1) is 19.0. The van der Waals surface area contributed by atoms with Crippen LogP contribution < -0.4 is 11.1 Å². The third-order valence-corrected chi connectivity index (χ3v) is 5.11. The zero-order chi connectivity index (χ0) is 19.4. The SMILES string of the molecule is CN=CC(=CN)Nc1ncc2sc(C)c(-c3ccccc3CN(C)C)c2n1. The minimum atomic E-state index is 0.503. The van der Waals surface area contributed by atoms with Crippen molar-refractivity contribution in [1.82, 2.24) is 14.9 Å². The normalized spacial score (nSPS) is 12.4. The highest BCUT2D eigenvalue weighted by atomic mass is 32.1. The number of aromatic nitrogens is 2. The summed E-state index contributed by atoms with van der Waals surface area (Å²) in [5, 5.41) is 3.12. The maximum absolute atomic E-state index is 5.64. The highest BCUT2D eigenvalue weighted by Crippen LogP contribution is 2.39. The second-order valence-corrected chi connectivity index (χ2v) is 7.73. The molecule has 2 aromatic heterocycles. The molecule has 0 radical (unpaired) electrons. The van der Waals surface area contributed by atoms with E-state index < -0.39 is 0 Å². The van der Waals surface area contributed by atoms with Crippen LogP contribution in [0, 0.1) is 6.92 Å². The number of allylic oxidation sites excluding steroid dienone is 1. The molecule has 3 rings (SSSR count). The van der Waals surface area contributed by atoms with Crippen molar-refractivity contribution in [1.29, 1.82) is 0 Å². The van der Waals surface area contributed by atoms with E-state index in [0.717, 1.165) is 16.8 Å². The zero-order valence-corrected chi connectivity index (χ0v) is 16.8. The molecule has 1 aromatic carbocycles. The molecule has 0 amide bonds. The summed E-state index contributed by atoms with van der Waals surface area (Å²) in [5.74, 6) is 0.503. The molecule has 6 nitrogen and oxygen atoms in total. The smallest absolute Gasteiger partial charge is 0.227 e. The van der Waals surface area contributed by atoms with Gasteiger partial charge in [0.1, 0.15) is 0 Å². The highest BCUT2D eigenvalue weighted by Gasteiger charge is 2.17. The Bertz CT molecular complexity index is 1000. The summed E-state index contributed by atoms with van der Waals surface area (Å²) in [6, 6.07) is 8.49. The topological polar surface area (TPSA) is 79.4 Å². The van der Waals surface area contributed by atoms with Crippen LogP contribution in [0.5, 0.6) is 0 Å². The zero-order valence-electron chi connectivity index (χ0n) is 16.0. The van der Waals surface area contributed by atoms with Crippen LogP contribution in [-0.2, 0) is 6.54 Å². The fourth-order valence-electron chi connectivity index (χ4n) is 3.01. The van der Waals surface area contributed by atoms with Crippen LogP contribution >= 0.6 is 11.3 Å². The van der Waals surface area contributed by atoms with Gasteiger partial charge in [-0.15, -0.1) is 11.3 Å². The van der Waals surface area contributed by atoms with Gasteiger partial charge < -0.3 is 16.0 Å². The number of benzene rings is 1. The predicted molar refractivity (Wildman–Crippen MR) is 115 cm³/mol. The maximum Gasteiger partial charge on any atom is 0.227 e. The minimum absolute atomic E-state index is 0.503. The van der Waals surface area contributed by atoms with E-state index in [9.17, 15) is 0 Å². The van der Waals surface area contributed by atoms with Crippen molar-refractivity contribution in [3.8, 4) is 11.1 Å². The number of aryl methyl sites for hydroxylation is 1. The summed E-state index contributed by atoms with van der Waals surface area (Å²) in [6.45, 7) is 3.01. The monoisotopic (exact) mass is 380 g/mol. The van der Waals surface area contributed by atoms with Crippen LogP contribution in [0.3, 0.4) is 0 Å². The lowest BCUT2D eigenvalue weighted by atomic mass is 9.99. The van der Waals surface area contributed by atoms with Crippen molar-refractivity contribution < 1.29 is 0 Å². The van der Waals surface area contributed by atoms with Gasteiger partial charge in [0.15, 0.2) is 0 Å². The molecule has 0 unspecified atom stereocenters. The first-order valence-corrected chi connectivity index (χ1v) is 9.45. The quantitative estimate of drug-likeness (QED) is 0.638. The Labute approximate surface area is 163 Å². The Kier molecular flexibility index (Phi) is 5.83. The average molecular weight is 381 g/mol. The van der Waals surface area contributed by atoms with Crippen molar-refractivity contribution in [2.45, 2.75) is 13.5 Å². The Balaban J connectivity index is 2.12. The number of nitrogens with one attached hydrogen (secondary N) is 1. The molecule has 0 saturated heterocycles. The number of hydrogen-bond donors (Lipinski definition) is 2. The van der Waals surface area contributed by atoms with Crippen molar-refractivity contribution in [2.24, 2.45) is 10.7 Å². The Hall–Kier alpha value is -2.77. The predicted octanol–water partition coefficient (Wildman–Crippen LogP) is 3.64. The first-order valence-electron chi connectivity index (χ1n) is 8.63. The second kappa shape index (κ2) is 8.28. The van der Waals surface area contributed by atoms with Crippen LogP contribution in [0.15, 0.2) is 47.4 Å². The van der Waals surface area contributed by atoms with E-state index in [1.165, 1.54) is 27.8 Å². The molecule has 2 heterocycles. The number of rotatable bonds is 6. The Morgan fingerprint density at radius 2 is 2.11 bits per heavy atom. The molecule has 0 aliphatic carbocycles. The van der Waals surface area contributed by atoms with E-state index in [1.807, 2.05) is 6.20 Å². The van der Waals surface area contributed by atoms with Gasteiger partial charge in [0, 0.05) is 36.4 Å². The van der Waals surface area contributed by atoms with E-state index in [-0.39, 0.29) is 0 Å². The van der Waals surface area contributed by atoms with E-state index in [2.05, 4.69) is 65.5 Å². The summed E-state index contributed by atoms with van der Waals surface area (Å²) >= 11 is 1.71. The van der Waals surface area contributed by atoms with Gasteiger partial charge in [-0.05, 0) is 32.1 Å². The maximum atomic E-state index is 5.64. The third kappa shape index (κ3) is 4.15. The third-order valence-electron chi connectivity index (χ3n) is 4.08. The molecule has 0 atom stereocenters. The van der Waals surface area contributed by atoms with Crippen LogP contribution in [0.25, 0.3) is 21.3 Å². The van der Waals surface area contributed by atoms with Gasteiger partial charge in [-0.1, -0.05) is 24.3 Å². The van der Waals surface area contributed by atoms with Gasteiger partial charge >= 0.3 is 0 Å². The van der Waals surface area contributed by atoms with Crippen molar-refractivity contribution in [3.63, 3.8) is 0 Å². The van der Waals surface area contributed by atoms with Crippen molar-refractivity contribution >= 4 is 33.7 Å². The van der Waals surface area contributed by atoms with Gasteiger partial charge in [0.05, 0.1) is 22.1 Å². The molecule has 0 saturated carbocycles. The van der Waals surface area contributed by atoms with Crippen molar-refractivity contribution in [2.75, 3.05) is 26.5 Å². The summed E-state index contributed by atoms with van der Waals surface area (Å²) in [5.41, 5.74) is 10.9. The Morgan fingerprint density at radius 1 is 1.33 bits per heavy atom. The molecule has 0 fully saturated rings. The molecule has 0 bridgehead atoms. The second-order valence-electron chi connectivity index (χ2n) is 6.47. The fourth-order valence-corrected chi connectivity index (χ4v) is 4.00. The molecule has 27 heavy (non-hydrogen) atoms. The van der Waals surface area contributed by atoms with Gasteiger partial charge in [0.2, 0.25) is 5.95 Å². The molecular formula is C20H24N6S. The number of aliphatic imine (C=N–C) groups is 1. The number of anilines is 1. The molecule has 0 aliphatic rings. The van der Waals surface area contributed by atoms with Crippen LogP contribution in [0.2, 0.25) is 0 Å². The van der Waals surface area contributed by atoms with E-state index in [0.29, 0.717) is 11.6 Å². The molecule has 3 aromatic rings. The van der Waals surface area contributed by atoms with Crippen LogP contribution in [0.4, 0.5) is 5.95 Å². The number of thiophene rings is 1.